The number of carbonyl (C=O) groups excluding carboxylic acids is 1. The second kappa shape index (κ2) is 4.85. The fourth-order valence-electron chi connectivity index (χ4n) is 1.76. The quantitative estimate of drug-likeness (QED) is 0.877. The first-order valence-electron chi connectivity index (χ1n) is 6.02. The molecule has 1 saturated carbocycles. The van der Waals surface area contributed by atoms with Crippen LogP contribution in [-0.4, -0.2) is 23.7 Å². The monoisotopic (exact) mass is 272 g/mol. The Kier molecular flexibility index (Phi) is 3.54. The maximum atomic E-state index is 12.9. The van der Waals surface area contributed by atoms with E-state index >= 15 is 0 Å². The molecule has 1 amide bonds. The third kappa shape index (κ3) is 3.47. The molecule has 104 valence electrons. The zero-order valence-corrected chi connectivity index (χ0v) is 10.2. The van der Waals surface area contributed by atoms with Crippen molar-refractivity contribution in [1.82, 2.24) is 5.32 Å². The van der Waals surface area contributed by atoms with Gasteiger partial charge in [0.25, 0.3) is 0 Å². The highest BCUT2D eigenvalue weighted by atomic mass is 19.4. The van der Waals surface area contributed by atoms with Crippen LogP contribution in [0.15, 0.2) is 30.3 Å². The van der Waals surface area contributed by atoms with Crippen LogP contribution in [0.25, 0.3) is 0 Å². The SMILES string of the molecule is NC1(C(=O)NC(Cc2ccccc2)C(F)(F)F)CC1. The summed E-state index contributed by atoms with van der Waals surface area (Å²) in [5.74, 6) is -0.717. The van der Waals surface area contributed by atoms with Gasteiger partial charge in [-0.15, -0.1) is 0 Å². The van der Waals surface area contributed by atoms with Gasteiger partial charge in [0.05, 0.1) is 5.54 Å². The third-order valence-corrected chi connectivity index (χ3v) is 3.22. The maximum absolute atomic E-state index is 12.9. The first kappa shape index (κ1) is 13.9. The molecule has 0 spiro atoms. The van der Waals surface area contributed by atoms with Crippen LogP contribution in [0.1, 0.15) is 18.4 Å². The first-order valence-corrected chi connectivity index (χ1v) is 6.02. The highest BCUT2D eigenvalue weighted by molar-refractivity contribution is 5.89. The van der Waals surface area contributed by atoms with Gasteiger partial charge in [-0.1, -0.05) is 30.3 Å². The second-order valence-electron chi connectivity index (χ2n) is 4.91. The normalized spacial score (nSPS) is 18.7. The number of rotatable bonds is 4. The van der Waals surface area contributed by atoms with E-state index in [-0.39, 0.29) is 6.42 Å². The molecule has 1 fully saturated rings. The van der Waals surface area contributed by atoms with Crippen LogP contribution in [0.4, 0.5) is 13.2 Å². The van der Waals surface area contributed by atoms with E-state index in [1.165, 1.54) is 0 Å². The Hall–Kier alpha value is -1.56. The summed E-state index contributed by atoms with van der Waals surface area (Å²) in [5, 5.41) is 2.02. The number of amides is 1. The van der Waals surface area contributed by atoms with E-state index in [4.69, 9.17) is 5.73 Å². The molecule has 1 atom stereocenters. The Balaban J connectivity index is 2.06. The van der Waals surface area contributed by atoms with Crippen molar-refractivity contribution >= 4 is 5.91 Å². The molecule has 6 heteroatoms. The number of hydrogen-bond donors (Lipinski definition) is 2. The van der Waals surface area contributed by atoms with E-state index in [9.17, 15) is 18.0 Å². The molecule has 0 heterocycles. The third-order valence-electron chi connectivity index (χ3n) is 3.22. The van der Waals surface area contributed by atoms with Crippen LogP contribution in [0, 0.1) is 0 Å². The smallest absolute Gasteiger partial charge is 0.343 e. The van der Waals surface area contributed by atoms with Crippen molar-refractivity contribution in [3.05, 3.63) is 35.9 Å². The number of nitrogens with one attached hydrogen (secondary N) is 1. The van der Waals surface area contributed by atoms with Gasteiger partial charge in [-0.25, -0.2) is 0 Å². The average molecular weight is 272 g/mol. The molecule has 1 aromatic rings. The molecular formula is C13H15F3N2O. The summed E-state index contributed by atoms with van der Waals surface area (Å²) < 4.78 is 38.8. The summed E-state index contributed by atoms with van der Waals surface area (Å²) in [6.45, 7) is 0. The lowest BCUT2D eigenvalue weighted by Gasteiger charge is -2.23. The molecular weight excluding hydrogens is 257 g/mol. The summed E-state index contributed by atoms with van der Waals surface area (Å²) in [6.07, 6.45) is -3.90. The minimum atomic E-state index is -4.49. The van der Waals surface area contributed by atoms with Gasteiger partial charge < -0.3 is 11.1 Å². The molecule has 0 aromatic heterocycles. The van der Waals surface area contributed by atoms with Crippen molar-refractivity contribution in [1.29, 1.82) is 0 Å². The Morgan fingerprint density at radius 2 is 1.89 bits per heavy atom. The predicted molar refractivity (Wildman–Crippen MR) is 64.3 cm³/mol. The number of halogens is 3. The Morgan fingerprint density at radius 1 is 1.32 bits per heavy atom. The molecule has 0 radical (unpaired) electrons. The zero-order chi connectivity index (χ0) is 14.1. The summed E-state index contributed by atoms with van der Waals surface area (Å²) >= 11 is 0. The lowest BCUT2D eigenvalue weighted by atomic mass is 10.0. The van der Waals surface area contributed by atoms with E-state index in [1.807, 2.05) is 5.32 Å². The lowest BCUT2D eigenvalue weighted by Crippen LogP contribution is -2.53. The number of alkyl halides is 3. The van der Waals surface area contributed by atoms with Gasteiger partial charge in [-0.2, -0.15) is 13.2 Å². The Morgan fingerprint density at radius 3 is 2.37 bits per heavy atom. The largest absolute Gasteiger partial charge is 0.408 e. The summed E-state index contributed by atoms with van der Waals surface area (Å²) in [4.78, 5) is 11.6. The number of nitrogens with two attached hydrogens (primary N) is 1. The van der Waals surface area contributed by atoms with Crippen LogP contribution in [0.5, 0.6) is 0 Å². The van der Waals surface area contributed by atoms with Gasteiger partial charge in [0.1, 0.15) is 6.04 Å². The van der Waals surface area contributed by atoms with Crippen molar-refractivity contribution in [2.24, 2.45) is 5.73 Å². The Labute approximate surface area is 109 Å². The van der Waals surface area contributed by atoms with Gasteiger partial charge in [-0.3, -0.25) is 4.79 Å². The summed E-state index contributed by atoms with van der Waals surface area (Å²) in [7, 11) is 0. The molecule has 0 bridgehead atoms. The highest BCUT2D eigenvalue weighted by Crippen LogP contribution is 2.33. The standard InChI is InChI=1S/C13H15F3N2O/c14-13(15,16)10(8-9-4-2-1-3-5-9)18-11(19)12(17)6-7-12/h1-5,10H,6-8,17H2,(H,18,19). The van der Waals surface area contributed by atoms with Crippen molar-refractivity contribution in [2.75, 3.05) is 0 Å². The molecule has 0 aliphatic heterocycles. The molecule has 1 unspecified atom stereocenters. The van der Waals surface area contributed by atoms with E-state index in [0.717, 1.165) is 0 Å². The molecule has 2 rings (SSSR count). The van der Waals surface area contributed by atoms with Crippen molar-refractivity contribution in [3.63, 3.8) is 0 Å². The van der Waals surface area contributed by atoms with E-state index < -0.39 is 23.7 Å². The van der Waals surface area contributed by atoms with Crippen molar-refractivity contribution in [3.8, 4) is 0 Å². The van der Waals surface area contributed by atoms with Crippen molar-refractivity contribution < 1.29 is 18.0 Å². The fraction of sp³-hybridized carbons (Fsp3) is 0.462. The molecule has 3 N–H and O–H groups in total. The van der Waals surface area contributed by atoms with Crippen LogP contribution in [0.3, 0.4) is 0 Å². The molecule has 1 aromatic carbocycles. The van der Waals surface area contributed by atoms with Crippen molar-refractivity contribution in [2.45, 2.75) is 37.0 Å². The number of hydrogen-bond acceptors (Lipinski definition) is 2. The average Bonchev–Trinajstić information content (AvgIpc) is 3.08. The zero-order valence-electron chi connectivity index (χ0n) is 10.2. The fourth-order valence-corrected chi connectivity index (χ4v) is 1.76. The molecule has 19 heavy (non-hydrogen) atoms. The van der Waals surface area contributed by atoms with Gasteiger partial charge in [-0.05, 0) is 18.4 Å². The number of carbonyl (C=O) groups is 1. The van der Waals surface area contributed by atoms with Gasteiger partial charge in [0.15, 0.2) is 0 Å². The van der Waals surface area contributed by atoms with E-state index in [2.05, 4.69) is 0 Å². The molecule has 0 saturated heterocycles. The molecule has 1 aliphatic carbocycles. The van der Waals surface area contributed by atoms with Gasteiger partial charge in [0.2, 0.25) is 5.91 Å². The predicted octanol–water partition coefficient (Wildman–Crippen LogP) is 1.77. The highest BCUT2D eigenvalue weighted by Gasteiger charge is 2.49. The molecule has 1 aliphatic rings. The van der Waals surface area contributed by atoms with E-state index in [0.29, 0.717) is 18.4 Å². The minimum absolute atomic E-state index is 0.286. The first-order chi connectivity index (χ1) is 8.81. The summed E-state index contributed by atoms with van der Waals surface area (Å²) in [5.41, 5.74) is 5.02. The topological polar surface area (TPSA) is 55.1 Å². The van der Waals surface area contributed by atoms with Crippen LogP contribution >= 0.6 is 0 Å². The second-order valence-corrected chi connectivity index (χ2v) is 4.91. The molecule has 3 nitrogen and oxygen atoms in total. The van der Waals surface area contributed by atoms with Gasteiger partial charge >= 0.3 is 6.18 Å². The Bertz CT molecular complexity index is 455. The van der Waals surface area contributed by atoms with E-state index in [1.54, 1.807) is 30.3 Å². The van der Waals surface area contributed by atoms with Crippen LogP contribution in [0.2, 0.25) is 0 Å². The lowest BCUT2D eigenvalue weighted by molar-refractivity contribution is -0.162. The minimum Gasteiger partial charge on any atom is -0.343 e. The number of benzene rings is 1. The van der Waals surface area contributed by atoms with Crippen LogP contribution in [-0.2, 0) is 11.2 Å². The maximum Gasteiger partial charge on any atom is 0.408 e. The van der Waals surface area contributed by atoms with Crippen LogP contribution < -0.4 is 11.1 Å². The van der Waals surface area contributed by atoms with Gasteiger partial charge in [0, 0.05) is 6.42 Å². The summed E-state index contributed by atoms with van der Waals surface area (Å²) in [6, 6.07) is 6.35.